The summed E-state index contributed by atoms with van der Waals surface area (Å²) < 4.78 is 25.2. The van der Waals surface area contributed by atoms with Gasteiger partial charge in [-0.05, 0) is 47.1 Å². The van der Waals surface area contributed by atoms with Gasteiger partial charge in [-0.25, -0.2) is 9.37 Å². The molecule has 0 N–H and O–H groups in total. The average Bonchev–Trinajstić information content (AvgIpc) is 2.36. The zero-order valence-corrected chi connectivity index (χ0v) is 11.3. The van der Waals surface area contributed by atoms with Crippen molar-refractivity contribution in [3.8, 4) is 17.4 Å². The second kappa shape index (κ2) is 5.82. The van der Waals surface area contributed by atoms with Crippen LogP contribution in [0.3, 0.4) is 0 Å². The molecule has 0 amide bonds. The first-order valence-electron chi connectivity index (χ1n) is 5.42. The highest BCUT2D eigenvalue weighted by molar-refractivity contribution is 9.10. The summed E-state index contributed by atoms with van der Waals surface area (Å²) in [6, 6.07) is 8.05. The molecule has 94 valence electrons. The number of hydrogen-bond acceptors (Lipinski definition) is 3. The van der Waals surface area contributed by atoms with Crippen LogP contribution in [0.5, 0.6) is 17.4 Å². The van der Waals surface area contributed by atoms with Gasteiger partial charge in [-0.1, -0.05) is 6.07 Å². The minimum Gasteiger partial charge on any atom is -0.490 e. The fourth-order valence-electron chi connectivity index (χ4n) is 1.40. The summed E-state index contributed by atoms with van der Waals surface area (Å²) in [4.78, 5) is 4.02. The van der Waals surface area contributed by atoms with E-state index >= 15 is 0 Å². The predicted molar refractivity (Wildman–Crippen MR) is 69.6 cm³/mol. The lowest BCUT2D eigenvalue weighted by molar-refractivity contribution is 0.311. The predicted octanol–water partition coefficient (Wildman–Crippen LogP) is 4.17. The summed E-state index contributed by atoms with van der Waals surface area (Å²) >= 11 is 3.29. The van der Waals surface area contributed by atoms with Crippen molar-refractivity contribution in [3.63, 3.8) is 0 Å². The Labute approximate surface area is 113 Å². The number of halogens is 2. The van der Waals surface area contributed by atoms with E-state index in [1.165, 1.54) is 6.07 Å². The maximum atomic E-state index is 13.7. The molecular formula is C13H11BrFNO2. The molecule has 0 aliphatic rings. The maximum Gasteiger partial charge on any atom is 0.233 e. The Kier molecular flexibility index (Phi) is 4.15. The van der Waals surface area contributed by atoms with E-state index in [0.29, 0.717) is 22.7 Å². The smallest absolute Gasteiger partial charge is 0.233 e. The third kappa shape index (κ3) is 2.79. The summed E-state index contributed by atoms with van der Waals surface area (Å²) in [5.74, 6) is 0.204. The van der Waals surface area contributed by atoms with E-state index in [9.17, 15) is 4.39 Å². The standard InChI is InChI=1S/C13H11BrFNO2/c1-2-17-11-7-3-6-10(15)12(11)18-13-9(14)5-4-8-16-13/h3-8H,2H2,1H3. The summed E-state index contributed by atoms with van der Waals surface area (Å²) in [5.41, 5.74) is 0. The van der Waals surface area contributed by atoms with Gasteiger partial charge in [-0.2, -0.15) is 0 Å². The van der Waals surface area contributed by atoms with Crippen LogP contribution >= 0.6 is 15.9 Å². The van der Waals surface area contributed by atoms with Crippen molar-refractivity contribution in [2.24, 2.45) is 0 Å². The van der Waals surface area contributed by atoms with Crippen molar-refractivity contribution >= 4 is 15.9 Å². The molecule has 0 fully saturated rings. The summed E-state index contributed by atoms with van der Waals surface area (Å²) in [6.45, 7) is 2.26. The van der Waals surface area contributed by atoms with Crippen LogP contribution in [0.15, 0.2) is 41.0 Å². The molecule has 0 aliphatic heterocycles. The molecular weight excluding hydrogens is 301 g/mol. The first kappa shape index (κ1) is 12.8. The molecule has 1 heterocycles. The molecule has 5 heteroatoms. The Morgan fingerprint density at radius 2 is 2.11 bits per heavy atom. The Bertz CT molecular complexity index is 548. The molecule has 0 unspecified atom stereocenters. The number of rotatable bonds is 4. The number of aromatic nitrogens is 1. The first-order valence-corrected chi connectivity index (χ1v) is 6.21. The van der Waals surface area contributed by atoms with E-state index in [1.807, 2.05) is 6.92 Å². The number of pyridine rings is 1. The second-order valence-electron chi connectivity index (χ2n) is 3.39. The normalized spacial score (nSPS) is 10.2. The number of hydrogen-bond donors (Lipinski definition) is 0. The van der Waals surface area contributed by atoms with Crippen LogP contribution in [0.2, 0.25) is 0 Å². The largest absolute Gasteiger partial charge is 0.490 e. The van der Waals surface area contributed by atoms with Crippen molar-refractivity contribution in [1.82, 2.24) is 4.98 Å². The third-order valence-corrected chi connectivity index (χ3v) is 2.76. The summed E-state index contributed by atoms with van der Waals surface area (Å²) in [6.07, 6.45) is 1.57. The van der Waals surface area contributed by atoms with Gasteiger partial charge in [0.15, 0.2) is 11.6 Å². The Balaban J connectivity index is 2.36. The van der Waals surface area contributed by atoms with Crippen LogP contribution in [0.1, 0.15) is 6.92 Å². The van der Waals surface area contributed by atoms with Crippen LogP contribution in [0, 0.1) is 5.82 Å². The third-order valence-electron chi connectivity index (χ3n) is 2.15. The van der Waals surface area contributed by atoms with E-state index in [1.54, 1.807) is 30.5 Å². The van der Waals surface area contributed by atoms with Crippen molar-refractivity contribution in [1.29, 1.82) is 0 Å². The number of nitrogens with zero attached hydrogens (tertiary/aromatic N) is 1. The minimum atomic E-state index is -0.487. The van der Waals surface area contributed by atoms with Gasteiger partial charge in [-0.3, -0.25) is 0 Å². The van der Waals surface area contributed by atoms with Gasteiger partial charge in [0.25, 0.3) is 0 Å². The maximum absolute atomic E-state index is 13.7. The number of benzene rings is 1. The zero-order chi connectivity index (χ0) is 13.0. The second-order valence-corrected chi connectivity index (χ2v) is 4.25. The highest BCUT2D eigenvalue weighted by Crippen LogP contribution is 2.35. The van der Waals surface area contributed by atoms with Crippen LogP contribution in [-0.2, 0) is 0 Å². The summed E-state index contributed by atoms with van der Waals surface area (Å²) in [5, 5.41) is 0. The van der Waals surface area contributed by atoms with Gasteiger partial charge >= 0.3 is 0 Å². The van der Waals surface area contributed by atoms with E-state index in [2.05, 4.69) is 20.9 Å². The Morgan fingerprint density at radius 3 is 2.83 bits per heavy atom. The molecule has 2 rings (SSSR count). The van der Waals surface area contributed by atoms with Crippen molar-refractivity contribution < 1.29 is 13.9 Å². The lowest BCUT2D eigenvalue weighted by Gasteiger charge is -2.12. The lowest BCUT2D eigenvalue weighted by atomic mass is 10.3. The minimum absolute atomic E-state index is 0.0405. The molecule has 0 aliphatic carbocycles. The zero-order valence-electron chi connectivity index (χ0n) is 9.69. The molecule has 1 aromatic carbocycles. The van der Waals surface area contributed by atoms with Crippen LogP contribution < -0.4 is 9.47 Å². The van der Waals surface area contributed by atoms with E-state index in [-0.39, 0.29) is 5.75 Å². The molecule has 0 radical (unpaired) electrons. The van der Waals surface area contributed by atoms with Gasteiger partial charge in [0.05, 0.1) is 11.1 Å². The van der Waals surface area contributed by atoms with Gasteiger partial charge in [0.1, 0.15) is 0 Å². The average molecular weight is 312 g/mol. The van der Waals surface area contributed by atoms with Crippen LogP contribution in [0.4, 0.5) is 4.39 Å². The highest BCUT2D eigenvalue weighted by Gasteiger charge is 2.14. The topological polar surface area (TPSA) is 31.4 Å². The molecule has 0 saturated heterocycles. The Hall–Kier alpha value is -1.62. The Morgan fingerprint density at radius 1 is 1.28 bits per heavy atom. The van der Waals surface area contributed by atoms with E-state index in [0.717, 1.165) is 0 Å². The van der Waals surface area contributed by atoms with Crippen molar-refractivity contribution in [2.75, 3.05) is 6.61 Å². The van der Waals surface area contributed by atoms with Gasteiger partial charge < -0.3 is 9.47 Å². The van der Waals surface area contributed by atoms with Crippen LogP contribution in [0.25, 0.3) is 0 Å². The lowest BCUT2D eigenvalue weighted by Crippen LogP contribution is -1.98. The highest BCUT2D eigenvalue weighted by atomic mass is 79.9. The fraction of sp³-hybridized carbons (Fsp3) is 0.154. The molecule has 0 bridgehead atoms. The SMILES string of the molecule is CCOc1cccc(F)c1Oc1ncccc1Br. The number of ether oxygens (including phenoxy) is 2. The van der Waals surface area contributed by atoms with Crippen LogP contribution in [-0.4, -0.2) is 11.6 Å². The van der Waals surface area contributed by atoms with Gasteiger partial charge in [0.2, 0.25) is 11.6 Å². The molecule has 18 heavy (non-hydrogen) atoms. The van der Waals surface area contributed by atoms with E-state index in [4.69, 9.17) is 9.47 Å². The van der Waals surface area contributed by atoms with Crippen molar-refractivity contribution in [3.05, 3.63) is 46.8 Å². The monoisotopic (exact) mass is 311 g/mol. The molecule has 1 aromatic heterocycles. The fourth-order valence-corrected chi connectivity index (χ4v) is 1.74. The number of para-hydroxylation sites is 1. The van der Waals surface area contributed by atoms with Gasteiger partial charge in [0, 0.05) is 6.20 Å². The molecule has 3 nitrogen and oxygen atoms in total. The van der Waals surface area contributed by atoms with Crippen molar-refractivity contribution in [2.45, 2.75) is 6.92 Å². The molecule has 2 aromatic rings. The quantitative estimate of drug-likeness (QED) is 0.849. The van der Waals surface area contributed by atoms with E-state index < -0.39 is 5.82 Å². The summed E-state index contributed by atoms with van der Waals surface area (Å²) in [7, 11) is 0. The molecule has 0 atom stereocenters. The van der Waals surface area contributed by atoms with Gasteiger partial charge in [-0.15, -0.1) is 0 Å². The molecule has 0 spiro atoms. The molecule has 0 saturated carbocycles. The first-order chi connectivity index (χ1) is 8.72.